The van der Waals surface area contributed by atoms with E-state index >= 15 is 0 Å². The summed E-state index contributed by atoms with van der Waals surface area (Å²) in [5.74, 6) is 2.69. The summed E-state index contributed by atoms with van der Waals surface area (Å²) in [7, 11) is 0. The smallest absolute Gasteiger partial charge is 0.203 e. The van der Waals surface area contributed by atoms with Crippen LogP contribution in [-0.2, 0) is 0 Å². The third kappa shape index (κ3) is 7.64. The number of hydrogen-bond acceptors (Lipinski definition) is 5. The van der Waals surface area contributed by atoms with E-state index in [-0.39, 0.29) is 0 Å². The van der Waals surface area contributed by atoms with Gasteiger partial charge in [0.1, 0.15) is 35.9 Å². The molecule has 0 N–H and O–H groups in total. The molecule has 53 heavy (non-hydrogen) atoms. The second kappa shape index (κ2) is 17.1. The van der Waals surface area contributed by atoms with Crippen molar-refractivity contribution in [2.24, 2.45) is 0 Å². The molecule has 2 aliphatic heterocycles. The van der Waals surface area contributed by atoms with Gasteiger partial charge in [-0.1, -0.05) is 30.4 Å². The number of ether oxygens (including phenoxy) is 1. The molecule has 3 aromatic rings. The number of benzene rings is 4. The minimum atomic E-state index is 0.896. The van der Waals surface area contributed by atoms with Crippen molar-refractivity contribution in [3.8, 4) is 22.8 Å². The van der Waals surface area contributed by atoms with Crippen molar-refractivity contribution in [1.29, 1.82) is 0 Å². The molecule has 6 nitrogen and oxygen atoms in total. The van der Waals surface area contributed by atoms with Crippen molar-refractivity contribution in [1.82, 2.24) is 4.58 Å². The van der Waals surface area contributed by atoms with Gasteiger partial charge in [-0.05, 0) is 109 Å². The first-order valence-electron chi connectivity index (χ1n) is 19.8. The summed E-state index contributed by atoms with van der Waals surface area (Å²) in [6.07, 6.45) is 10.9. The average Bonchev–Trinajstić information content (AvgIpc) is 3.18. The summed E-state index contributed by atoms with van der Waals surface area (Å²) < 4.78 is 15.7. The lowest BCUT2D eigenvalue weighted by Crippen LogP contribution is -2.29. The second-order valence-electron chi connectivity index (χ2n) is 13.4. The van der Waals surface area contributed by atoms with E-state index in [4.69, 9.17) is 9.15 Å². The van der Waals surface area contributed by atoms with Gasteiger partial charge < -0.3 is 23.9 Å². The number of anilines is 3. The fraction of sp³-hybridized carbons (Fsp3) is 0.340. The molecule has 0 bridgehead atoms. The molecule has 2 heterocycles. The topological polar surface area (TPSA) is 35.1 Å². The minimum absolute atomic E-state index is 0.896. The molecule has 6 heteroatoms. The molecule has 0 unspecified atom stereocenters. The maximum Gasteiger partial charge on any atom is 0.203 e. The Labute approximate surface area is 317 Å². The number of hydrogen-bond donors (Lipinski definition) is 0. The van der Waals surface area contributed by atoms with Crippen LogP contribution in [0.25, 0.3) is 33.9 Å². The molecule has 3 aliphatic rings. The van der Waals surface area contributed by atoms with E-state index in [2.05, 4.69) is 178 Å². The third-order valence-corrected chi connectivity index (χ3v) is 10.7. The van der Waals surface area contributed by atoms with Crippen molar-refractivity contribution >= 4 is 39.7 Å². The lowest BCUT2D eigenvalue weighted by Gasteiger charge is -2.28. The first kappa shape index (κ1) is 37.5. The lowest BCUT2D eigenvalue weighted by molar-refractivity contribution is 0.474. The zero-order valence-corrected chi connectivity index (χ0v) is 33.1. The molecule has 0 spiro atoms. The largest absolute Gasteiger partial charge is 0.456 e. The SMILES string of the molecule is CCN(CC)c1ccc2c(c1)Oc1cc(N(CC)CC)ccc1C2=C/C=C/C=C/c1c2ccc(=[N+](CC)CC)cc-2oc2cc(N(CC)CC)ccc12. The average molecular weight is 710 g/mol. The Morgan fingerprint density at radius 1 is 0.547 bits per heavy atom. The van der Waals surface area contributed by atoms with Crippen LogP contribution < -0.4 is 29.4 Å². The molecule has 0 saturated carbocycles. The van der Waals surface area contributed by atoms with Crippen molar-refractivity contribution < 1.29 is 9.15 Å². The number of fused-ring (bicyclic) bond motifs is 4. The fourth-order valence-corrected chi connectivity index (χ4v) is 7.67. The standard InChI is InChI=1S/C47H57N4O2/c1-9-48(10-2)34-22-26-40-38(41-27-23-35(49(11-3)12-4)31-45(41)52-44(40)30-34)20-18-17-19-21-39-42-28-24-36(50(13-5)14-6)32-46(42)53-47-33-37(25-29-43(39)47)51(15-7)16-8/h17-33H,9-16H2,1-8H3/q+1. The number of allylic oxidation sites excluding steroid dienone is 4. The maximum absolute atomic E-state index is 6.66. The molecular weight excluding hydrogens is 653 g/mol. The van der Waals surface area contributed by atoms with Gasteiger partial charge in [0.25, 0.3) is 0 Å². The van der Waals surface area contributed by atoms with Crippen molar-refractivity contribution in [2.45, 2.75) is 55.4 Å². The van der Waals surface area contributed by atoms with Gasteiger partial charge in [0.2, 0.25) is 5.36 Å². The molecule has 276 valence electrons. The van der Waals surface area contributed by atoms with Gasteiger partial charge in [-0.3, -0.25) is 0 Å². The maximum atomic E-state index is 6.66. The van der Waals surface area contributed by atoms with Crippen LogP contribution in [0.2, 0.25) is 0 Å². The summed E-state index contributed by atoms with van der Waals surface area (Å²) >= 11 is 0. The Balaban J connectivity index is 1.42. The quantitative estimate of drug-likeness (QED) is 0.0639. The highest BCUT2D eigenvalue weighted by atomic mass is 16.5. The highest BCUT2D eigenvalue weighted by Gasteiger charge is 2.24. The number of rotatable bonds is 14. The predicted molar refractivity (Wildman–Crippen MR) is 228 cm³/mol. The highest BCUT2D eigenvalue weighted by molar-refractivity contribution is 5.96. The van der Waals surface area contributed by atoms with Gasteiger partial charge in [-0.2, -0.15) is 0 Å². The normalized spacial score (nSPS) is 12.3. The summed E-state index contributed by atoms with van der Waals surface area (Å²) in [5, 5.41) is 2.28. The molecular formula is C47H57N4O2+. The van der Waals surface area contributed by atoms with E-state index in [9.17, 15) is 0 Å². The van der Waals surface area contributed by atoms with Gasteiger partial charge in [0, 0.05) is 103 Å². The van der Waals surface area contributed by atoms with Crippen LogP contribution in [0.5, 0.6) is 11.5 Å². The van der Waals surface area contributed by atoms with Crippen molar-refractivity contribution in [2.75, 3.05) is 67.1 Å². The molecule has 6 rings (SSSR count). The van der Waals surface area contributed by atoms with Gasteiger partial charge in [-0.15, -0.1) is 0 Å². The monoisotopic (exact) mass is 709 g/mol. The second-order valence-corrected chi connectivity index (χ2v) is 13.4. The van der Waals surface area contributed by atoms with E-state index < -0.39 is 0 Å². The summed E-state index contributed by atoms with van der Waals surface area (Å²) in [6, 6.07) is 26.5. The predicted octanol–water partition coefficient (Wildman–Crippen LogP) is 10.7. The van der Waals surface area contributed by atoms with Crippen molar-refractivity contribution in [3.63, 3.8) is 0 Å². The first-order chi connectivity index (χ1) is 25.9. The van der Waals surface area contributed by atoms with Crippen LogP contribution >= 0.6 is 0 Å². The fourth-order valence-electron chi connectivity index (χ4n) is 7.67. The van der Waals surface area contributed by atoms with Crippen LogP contribution in [0.1, 0.15) is 72.1 Å². The Kier molecular flexibility index (Phi) is 12.1. The van der Waals surface area contributed by atoms with Gasteiger partial charge in [-0.25, -0.2) is 4.58 Å². The summed E-state index contributed by atoms with van der Waals surface area (Å²) in [6.45, 7) is 25.2. The molecule has 0 radical (unpaired) electrons. The zero-order chi connectivity index (χ0) is 37.5. The lowest BCUT2D eigenvalue weighted by atomic mass is 9.92. The Morgan fingerprint density at radius 2 is 1.08 bits per heavy atom. The van der Waals surface area contributed by atoms with Gasteiger partial charge in [0.05, 0.1) is 6.07 Å². The Morgan fingerprint density at radius 3 is 1.62 bits per heavy atom. The van der Waals surface area contributed by atoms with Crippen molar-refractivity contribution in [3.05, 3.63) is 119 Å². The van der Waals surface area contributed by atoms with Crippen LogP contribution in [0.4, 0.5) is 17.1 Å². The Bertz CT molecular complexity index is 2110. The minimum Gasteiger partial charge on any atom is -0.456 e. The molecule has 3 aromatic carbocycles. The molecule has 0 saturated heterocycles. The van der Waals surface area contributed by atoms with E-state index in [1.807, 2.05) is 0 Å². The van der Waals surface area contributed by atoms with E-state index in [0.29, 0.717) is 0 Å². The van der Waals surface area contributed by atoms with Gasteiger partial charge in [0.15, 0.2) is 0 Å². The molecule has 0 atom stereocenters. The molecule has 0 amide bonds. The zero-order valence-electron chi connectivity index (χ0n) is 33.1. The van der Waals surface area contributed by atoms with Gasteiger partial charge >= 0.3 is 0 Å². The van der Waals surface area contributed by atoms with Crippen LogP contribution in [0, 0.1) is 0 Å². The molecule has 0 aromatic heterocycles. The molecule has 1 aliphatic carbocycles. The van der Waals surface area contributed by atoms with E-state index in [0.717, 1.165) is 108 Å². The van der Waals surface area contributed by atoms with Crippen LogP contribution in [0.3, 0.4) is 0 Å². The van der Waals surface area contributed by atoms with Crippen LogP contribution in [0.15, 0.2) is 102 Å². The van der Waals surface area contributed by atoms with E-state index in [1.54, 1.807) is 0 Å². The first-order valence-corrected chi connectivity index (χ1v) is 19.8. The number of nitrogens with zero attached hydrogens (tertiary/aromatic N) is 4. The third-order valence-electron chi connectivity index (χ3n) is 10.7. The highest BCUT2D eigenvalue weighted by Crippen LogP contribution is 2.46. The van der Waals surface area contributed by atoms with Crippen LogP contribution in [-0.4, -0.2) is 52.4 Å². The summed E-state index contributed by atoms with van der Waals surface area (Å²) in [4.78, 5) is 7.08. The van der Waals surface area contributed by atoms with E-state index in [1.165, 1.54) is 22.4 Å². The summed E-state index contributed by atoms with van der Waals surface area (Å²) in [5.41, 5.74) is 10.1. The Hall–Kier alpha value is -5.23. The molecule has 0 fully saturated rings.